The lowest BCUT2D eigenvalue weighted by molar-refractivity contribution is 0.448. The van der Waals surface area contributed by atoms with Crippen LogP contribution in [0.25, 0.3) is 0 Å². The third kappa shape index (κ3) is 4.34. The molecule has 2 aromatic rings. The van der Waals surface area contributed by atoms with Gasteiger partial charge in [-0.05, 0) is 37.9 Å². The maximum Gasteiger partial charge on any atom is 0.0559 e. The van der Waals surface area contributed by atoms with Gasteiger partial charge in [0.25, 0.3) is 0 Å². The van der Waals surface area contributed by atoms with Crippen LogP contribution < -0.4 is 5.32 Å². The third-order valence-corrected chi connectivity index (χ3v) is 3.00. The van der Waals surface area contributed by atoms with Crippen molar-refractivity contribution in [2.75, 3.05) is 6.54 Å². The van der Waals surface area contributed by atoms with Crippen molar-refractivity contribution in [3.05, 3.63) is 54.4 Å². The summed E-state index contributed by atoms with van der Waals surface area (Å²) in [5.41, 5.74) is 1.42. The first-order valence-corrected chi connectivity index (χ1v) is 6.59. The molecule has 0 bridgehead atoms. The fourth-order valence-corrected chi connectivity index (χ4v) is 2.04. The zero-order valence-corrected chi connectivity index (χ0v) is 10.9. The van der Waals surface area contributed by atoms with Crippen LogP contribution in [-0.2, 0) is 13.0 Å². The Balaban J connectivity index is 1.60. The fraction of sp³-hybridized carbons (Fsp3) is 0.400. The highest BCUT2D eigenvalue weighted by molar-refractivity contribution is 5.14. The lowest BCUT2D eigenvalue weighted by Crippen LogP contribution is -2.31. The molecule has 96 valence electrons. The number of benzene rings is 1. The summed E-state index contributed by atoms with van der Waals surface area (Å²) in [6, 6.07) is 13.1. The van der Waals surface area contributed by atoms with Gasteiger partial charge >= 0.3 is 0 Å². The number of nitrogens with one attached hydrogen (secondary N) is 1. The molecule has 0 unspecified atom stereocenters. The zero-order valence-electron chi connectivity index (χ0n) is 10.9. The van der Waals surface area contributed by atoms with Crippen molar-refractivity contribution < 1.29 is 0 Å². The van der Waals surface area contributed by atoms with Crippen LogP contribution in [0.2, 0.25) is 0 Å². The molecular formula is C15H21N3. The Kier molecular flexibility index (Phi) is 4.97. The second-order valence-electron chi connectivity index (χ2n) is 4.67. The van der Waals surface area contributed by atoms with E-state index in [4.69, 9.17) is 0 Å². The van der Waals surface area contributed by atoms with Crippen molar-refractivity contribution in [2.24, 2.45) is 0 Å². The van der Waals surface area contributed by atoms with E-state index in [2.05, 4.69) is 47.7 Å². The van der Waals surface area contributed by atoms with E-state index in [-0.39, 0.29) is 0 Å². The Morgan fingerprint density at radius 2 is 2.06 bits per heavy atom. The lowest BCUT2D eigenvalue weighted by atomic mass is 10.1. The maximum atomic E-state index is 4.21. The van der Waals surface area contributed by atoms with E-state index in [1.54, 1.807) is 0 Å². The number of hydrogen-bond donors (Lipinski definition) is 1. The molecule has 0 radical (unpaired) electrons. The average Bonchev–Trinajstić information content (AvgIpc) is 2.89. The number of aryl methyl sites for hydroxylation is 1. The van der Waals surface area contributed by atoms with Crippen LogP contribution in [0.4, 0.5) is 0 Å². The molecule has 18 heavy (non-hydrogen) atoms. The molecule has 1 heterocycles. The summed E-state index contributed by atoms with van der Waals surface area (Å²) in [4.78, 5) is 0. The van der Waals surface area contributed by atoms with Crippen LogP contribution in [-0.4, -0.2) is 22.4 Å². The molecule has 1 aromatic heterocycles. The summed E-state index contributed by atoms with van der Waals surface area (Å²) in [6.07, 6.45) is 6.14. The second kappa shape index (κ2) is 6.97. The smallest absolute Gasteiger partial charge is 0.0559 e. The molecular weight excluding hydrogens is 222 g/mol. The molecule has 3 nitrogen and oxygen atoms in total. The van der Waals surface area contributed by atoms with E-state index in [9.17, 15) is 0 Å². The molecule has 2 rings (SSSR count). The minimum atomic E-state index is 0.459. The monoisotopic (exact) mass is 243 g/mol. The van der Waals surface area contributed by atoms with Gasteiger partial charge in [0.15, 0.2) is 0 Å². The van der Waals surface area contributed by atoms with Gasteiger partial charge in [-0.2, -0.15) is 5.10 Å². The molecule has 0 fully saturated rings. The largest absolute Gasteiger partial charge is 0.312 e. The topological polar surface area (TPSA) is 29.9 Å². The van der Waals surface area contributed by atoms with Gasteiger partial charge in [-0.1, -0.05) is 30.3 Å². The molecule has 0 aliphatic carbocycles. The van der Waals surface area contributed by atoms with Crippen molar-refractivity contribution in [1.82, 2.24) is 15.1 Å². The van der Waals surface area contributed by atoms with E-state index in [0.29, 0.717) is 6.04 Å². The zero-order chi connectivity index (χ0) is 12.6. The van der Waals surface area contributed by atoms with Crippen LogP contribution in [0.5, 0.6) is 0 Å². The van der Waals surface area contributed by atoms with Crippen molar-refractivity contribution in [3.63, 3.8) is 0 Å². The molecule has 0 aliphatic rings. The quantitative estimate of drug-likeness (QED) is 0.757. The Hall–Kier alpha value is -1.61. The van der Waals surface area contributed by atoms with Gasteiger partial charge in [0.1, 0.15) is 0 Å². The molecule has 0 aliphatic heterocycles. The molecule has 0 amide bonds. The Labute approximate surface area is 109 Å². The third-order valence-electron chi connectivity index (χ3n) is 3.00. The number of aromatic nitrogens is 2. The summed E-state index contributed by atoms with van der Waals surface area (Å²) < 4.78 is 1.97. The van der Waals surface area contributed by atoms with E-state index in [1.165, 1.54) is 12.0 Å². The van der Waals surface area contributed by atoms with Crippen LogP contribution in [0, 0.1) is 0 Å². The maximum absolute atomic E-state index is 4.21. The standard InChI is InChI=1S/C15H21N3/c1-14(13-18-12-6-11-17-18)16-10-5-9-15-7-3-2-4-8-15/h2-4,6-8,11-12,14,16H,5,9-10,13H2,1H3/t14-/m1/s1. The molecule has 1 atom stereocenters. The highest BCUT2D eigenvalue weighted by atomic mass is 15.3. The number of nitrogens with zero attached hydrogens (tertiary/aromatic N) is 2. The summed E-state index contributed by atoms with van der Waals surface area (Å²) in [5, 5.41) is 7.74. The molecule has 1 aromatic carbocycles. The summed E-state index contributed by atoms with van der Waals surface area (Å²) in [5.74, 6) is 0. The molecule has 1 N–H and O–H groups in total. The summed E-state index contributed by atoms with van der Waals surface area (Å²) in [7, 11) is 0. The predicted octanol–water partition coefficient (Wildman–Crippen LogP) is 2.49. The highest BCUT2D eigenvalue weighted by Gasteiger charge is 2.01. The Morgan fingerprint density at radius 1 is 1.22 bits per heavy atom. The van der Waals surface area contributed by atoms with E-state index < -0.39 is 0 Å². The molecule has 0 saturated carbocycles. The fourth-order valence-electron chi connectivity index (χ4n) is 2.04. The minimum Gasteiger partial charge on any atom is -0.312 e. The Bertz CT molecular complexity index is 422. The number of hydrogen-bond acceptors (Lipinski definition) is 2. The van der Waals surface area contributed by atoms with Crippen molar-refractivity contribution in [3.8, 4) is 0 Å². The van der Waals surface area contributed by atoms with E-state index in [0.717, 1.165) is 19.5 Å². The predicted molar refractivity (Wildman–Crippen MR) is 74.5 cm³/mol. The average molecular weight is 243 g/mol. The highest BCUT2D eigenvalue weighted by Crippen LogP contribution is 2.01. The van der Waals surface area contributed by atoms with Gasteiger partial charge in [-0.3, -0.25) is 4.68 Å². The van der Waals surface area contributed by atoms with Crippen molar-refractivity contribution in [2.45, 2.75) is 32.4 Å². The van der Waals surface area contributed by atoms with Gasteiger partial charge in [-0.25, -0.2) is 0 Å². The first-order chi connectivity index (χ1) is 8.84. The lowest BCUT2D eigenvalue weighted by Gasteiger charge is -2.13. The van der Waals surface area contributed by atoms with Crippen LogP contribution in [0.1, 0.15) is 18.9 Å². The molecule has 0 saturated heterocycles. The van der Waals surface area contributed by atoms with E-state index in [1.807, 2.05) is 23.1 Å². The van der Waals surface area contributed by atoms with Crippen LogP contribution in [0.3, 0.4) is 0 Å². The van der Waals surface area contributed by atoms with Gasteiger partial charge in [0.2, 0.25) is 0 Å². The van der Waals surface area contributed by atoms with Gasteiger partial charge in [0, 0.05) is 18.4 Å². The summed E-state index contributed by atoms with van der Waals surface area (Å²) >= 11 is 0. The van der Waals surface area contributed by atoms with Crippen molar-refractivity contribution >= 4 is 0 Å². The normalized spacial score (nSPS) is 12.5. The van der Waals surface area contributed by atoms with Crippen LogP contribution >= 0.6 is 0 Å². The summed E-state index contributed by atoms with van der Waals surface area (Å²) in [6.45, 7) is 4.18. The van der Waals surface area contributed by atoms with E-state index >= 15 is 0 Å². The van der Waals surface area contributed by atoms with Gasteiger partial charge in [0.05, 0.1) is 6.54 Å². The second-order valence-corrected chi connectivity index (χ2v) is 4.67. The van der Waals surface area contributed by atoms with Gasteiger partial charge < -0.3 is 5.32 Å². The number of rotatable bonds is 7. The SMILES string of the molecule is C[C@H](Cn1cccn1)NCCCc1ccccc1. The van der Waals surface area contributed by atoms with Crippen LogP contribution in [0.15, 0.2) is 48.8 Å². The van der Waals surface area contributed by atoms with Gasteiger partial charge in [-0.15, -0.1) is 0 Å². The Morgan fingerprint density at radius 3 is 2.78 bits per heavy atom. The first-order valence-electron chi connectivity index (χ1n) is 6.59. The van der Waals surface area contributed by atoms with Crippen molar-refractivity contribution in [1.29, 1.82) is 0 Å². The molecule has 3 heteroatoms. The minimum absolute atomic E-state index is 0.459. The first kappa shape index (κ1) is 12.8. The molecule has 0 spiro atoms.